The van der Waals surface area contributed by atoms with Crippen LogP contribution in [0.4, 0.5) is 11.4 Å². The van der Waals surface area contributed by atoms with Gasteiger partial charge in [-0.2, -0.15) is 0 Å². The minimum Gasteiger partial charge on any atom is -0.310 e. The number of benzene rings is 6. The molecule has 0 fully saturated rings. The summed E-state index contributed by atoms with van der Waals surface area (Å²) in [6.07, 6.45) is 12.5. The Morgan fingerprint density at radius 1 is 0.557 bits per heavy atom. The molecular weight excluding hydrogens is 735 g/mol. The van der Waals surface area contributed by atoms with Gasteiger partial charge in [0.25, 0.3) is 0 Å². The maximum atomic E-state index is 2.63. The summed E-state index contributed by atoms with van der Waals surface area (Å²) in [7, 11) is 0. The Balaban J connectivity index is 1.25. The van der Waals surface area contributed by atoms with E-state index >= 15 is 0 Å². The lowest BCUT2D eigenvalue weighted by molar-refractivity contribution is 0.445. The summed E-state index contributed by atoms with van der Waals surface area (Å²) in [5.74, 6) is 0.728. The molecule has 0 radical (unpaired) electrons. The van der Waals surface area contributed by atoms with Crippen LogP contribution in [0.3, 0.4) is 0 Å². The number of rotatable bonds is 6. The van der Waals surface area contributed by atoms with E-state index in [0.717, 1.165) is 0 Å². The fourth-order valence-corrected chi connectivity index (χ4v) is 12.4. The summed E-state index contributed by atoms with van der Waals surface area (Å²) < 4.78 is 0. The smallest absolute Gasteiger partial charge is 0.0540 e. The van der Waals surface area contributed by atoms with Crippen molar-refractivity contribution in [1.82, 2.24) is 0 Å². The highest BCUT2D eigenvalue weighted by Crippen LogP contribution is 2.68. The van der Waals surface area contributed by atoms with E-state index in [1.165, 1.54) is 83.9 Å². The van der Waals surface area contributed by atoms with Crippen LogP contribution >= 0.6 is 0 Å². The van der Waals surface area contributed by atoms with Crippen molar-refractivity contribution in [3.8, 4) is 22.3 Å². The van der Waals surface area contributed by atoms with Gasteiger partial charge >= 0.3 is 0 Å². The van der Waals surface area contributed by atoms with Crippen LogP contribution in [0.15, 0.2) is 198 Å². The zero-order chi connectivity index (χ0) is 42.1. The highest BCUT2D eigenvalue weighted by molar-refractivity contribution is 5.97. The lowest BCUT2D eigenvalue weighted by Gasteiger charge is -2.57. The molecule has 0 aromatic heterocycles. The Morgan fingerprint density at radius 2 is 1.21 bits per heavy atom. The molecule has 0 amide bonds. The molecule has 1 nitrogen and oxygen atoms in total. The average Bonchev–Trinajstić information content (AvgIpc) is 3.50. The topological polar surface area (TPSA) is 3.24 Å². The Hall–Kier alpha value is -6.18. The quantitative estimate of drug-likeness (QED) is 0.152. The number of hydrogen-bond acceptors (Lipinski definition) is 1. The van der Waals surface area contributed by atoms with Crippen LogP contribution in [0, 0.1) is 17.3 Å². The molecule has 6 aromatic carbocycles. The van der Waals surface area contributed by atoms with Gasteiger partial charge in [0.05, 0.1) is 11.4 Å². The third kappa shape index (κ3) is 5.19. The van der Waals surface area contributed by atoms with E-state index in [4.69, 9.17) is 0 Å². The lowest BCUT2D eigenvalue weighted by atomic mass is 9.46. The first-order valence-corrected chi connectivity index (χ1v) is 22.3. The number of nitrogens with zero attached hydrogens (tertiary/aromatic N) is 1. The van der Waals surface area contributed by atoms with Crippen molar-refractivity contribution in [2.24, 2.45) is 17.3 Å². The molecule has 0 saturated carbocycles. The molecule has 4 unspecified atom stereocenters. The molecule has 300 valence electrons. The zero-order valence-electron chi connectivity index (χ0n) is 36.8. The van der Waals surface area contributed by atoms with Crippen molar-refractivity contribution in [3.05, 3.63) is 232 Å². The van der Waals surface area contributed by atoms with Crippen molar-refractivity contribution in [3.63, 3.8) is 0 Å². The first-order valence-electron chi connectivity index (χ1n) is 22.3. The van der Waals surface area contributed by atoms with Gasteiger partial charge in [0.2, 0.25) is 0 Å². The third-order valence-corrected chi connectivity index (χ3v) is 15.6. The Bertz CT molecular complexity index is 2970. The standard InChI is InChI=1S/C60H55N/c1-38-33-34-59(7)51-26-18-16-24-46(51)55-53(32-28-43-35-39(2)54(38)56(59)60(43,55)8)61(44-29-30-50-48(37-44)45-23-15-17-25-49(45)58(50,5)6)52-31-27-42(36-47(52)40-19-11-9-12-20-40)57(3,4)41-21-13-10-14-22-41/h9-39H,1-8H3. The Labute approximate surface area is 363 Å². The van der Waals surface area contributed by atoms with Crippen LogP contribution < -0.4 is 4.90 Å². The van der Waals surface area contributed by atoms with E-state index in [-0.39, 0.29) is 21.7 Å². The van der Waals surface area contributed by atoms with E-state index in [1.54, 1.807) is 11.1 Å². The van der Waals surface area contributed by atoms with E-state index in [0.29, 0.717) is 11.8 Å². The van der Waals surface area contributed by atoms with Crippen LogP contribution in [-0.2, 0) is 16.2 Å². The Kier molecular flexibility index (Phi) is 8.15. The van der Waals surface area contributed by atoms with Crippen LogP contribution in [0.2, 0.25) is 0 Å². The van der Waals surface area contributed by atoms with Crippen molar-refractivity contribution < 1.29 is 0 Å². The fraction of sp³-hybridized carbons (Fsp3) is 0.233. The SMILES string of the molecule is CC1C=CC2(C)C3=C1C(C)C=C1C=CC(N(c4ccc5c(c4)-c4ccccc4C5(C)C)c4ccc(C(C)(C)c5ccccc5)cc4-c4ccccc4)=C(c4ccccc42)C13C. The summed E-state index contributed by atoms with van der Waals surface area (Å²) in [6, 6.07) is 55.0. The first kappa shape index (κ1) is 37.8. The molecular formula is C60H55N. The molecule has 5 aliphatic carbocycles. The third-order valence-electron chi connectivity index (χ3n) is 15.6. The van der Waals surface area contributed by atoms with Gasteiger partial charge in [-0.3, -0.25) is 0 Å². The maximum absolute atomic E-state index is 2.63. The van der Waals surface area contributed by atoms with E-state index < -0.39 is 0 Å². The molecule has 0 bridgehead atoms. The number of fused-ring (bicyclic) bond motifs is 6. The molecule has 4 atom stereocenters. The van der Waals surface area contributed by atoms with Crippen molar-refractivity contribution in [2.45, 2.75) is 71.6 Å². The predicted molar refractivity (Wildman–Crippen MR) is 257 cm³/mol. The van der Waals surface area contributed by atoms with Crippen LogP contribution in [0.5, 0.6) is 0 Å². The van der Waals surface area contributed by atoms with E-state index in [9.17, 15) is 0 Å². The molecule has 61 heavy (non-hydrogen) atoms. The summed E-state index contributed by atoms with van der Waals surface area (Å²) in [4.78, 5) is 2.63. The summed E-state index contributed by atoms with van der Waals surface area (Å²) >= 11 is 0. The molecule has 0 N–H and O–H groups in total. The van der Waals surface area contributed by atoms with Gasteiger partial charge in [0, 0.05) is 32.9 Å². The normalized spacial score (nSPS) is 23.8. The molecule has 0 heterocycles. The van der Waals surface area contributed by atoms with Gasteiger partial charge in [0.15, 0.2) is 0 Å². The Morgan fingerprint density at radius 3 is 1.97 bits per heavy atom. The molecule has 5 aliphatic rings. The molecule has 11 rings (SSSR count). The lowest BCUT2D eigenvalue weighted by Crippen LogP contribution is -2.47. The first-order chi connectivity index (χ1) is 29.3. The molecule has 0 saturated heterocycles. The van der Waals surface area contributed by atoms with Crippen LogP contribution in [0.1, 0.15) is 88.8 Å². The van der Waals surface area contributed by atoms with Crippen molar-refractivity contribution in [1.29, 1.82) is 0 Å². The van der Waals surface area contributed by atoms with E-state index in [2.05, 4.69) is 236 Å². The van der Waals surface area contributed by atoms with Crippen molar-refractivity contribution in [2.75, 3.05) is 4.90 Å². The zero-order valence-corrected chi connectivity index (χ0v) is 36.8. The second kappa shape index (κ2) is 13.2. The number of hydrogen-bond donors (Lipinski definition) is 0. The number of allylic oxidation sites excluding steroid dienone is 9. The summed E-state index contributed by atoms with van der Waals surface area (Å²) in [6.45, 7) is 19.3. The average molecular weight is 790 g/mol. The molecule has 0 aliphatic heterocycles. The minimum absolute atomic E-state index is 0.0887. The van der Waals surface area contributed by atoms with Gasteiger partial charge in [-0.15, -0.1) is 0 Å². The summed E-state index contributed by atoms with van der Waals surface area (Å²) in [5.41, 5.74) is 21.9. The summed E-state index contributed by atoms with van der Waals surface area (Å²) in [5, 5.41) is 0. The largest absolute Gasteiger partial charge is 0.310 e. The highest BCUT2D eigenvalue weighted by atomic mass is 15.2. The molecule has 1 heteroatoms. The number of anilines is 2. The highest BCUT2D eigenvalue weighted by Gasteiger charge is 2.57. The van der Waals surface area contributed by atoms with Gasteiger partial charge in [-0.25, -0.2) is 0 Å². The van der Waals surface area contributed by atoms with Gasteiger partial charge < -0.3 is 4.90 Å². The molecule has 0 spiro atoms. The predicted octanol–water partition coefficient (Wildman–Crippen LogP) is 15.5. The van der Waals surface area contributed by atoms with Crippen molar-refractivity contribution >= 4 is 16.9 Å². The maximum Gasteiger partial charge on any atom is 0.0540 e. The van der Waals surface area contributed by atoms with Crippen LogP contribution in [-0.4, -0.2) is 0 Å². The van der Waals surface area contributed by atoms with E-state index in [1.807, 2.05) is 0 Å². The minimum atomic E-state index is -0.334. The van der Waals surface area contributed by atoms with Crippen LogP contribution in [0.25, 0.3) is 27.8 Å². The van der Waals surface area contributed by atoms with Gasteiger partial charge in [-0.05, 0) is 123 Å². The fourth-order valence-electron chi connectivity index (χ4n) is 12.4. The second-order valence-electron chi connectivity index (χ2n) is 19.7. The second-order valence-corrected chi connectivity index (χ2v) is 19.7. The monoisotopic (exact) mass is 789 g/mol. The van der Waals surface area contributed by atoms with Gasteiger partial charge in [-0.1, -0.05) is 193 Å². The van der Waals surface area contributed by atoms with Gasteiger partial charge in [0.1, 0.15) is 0 Å². The molecule has 6 aromatic rings.